The van der Waals surface area contributed by atoms with E-state index in [2.05, 4.69) is 58.8 Å². The zero-order valence-corrected chi connectivity index (χ0v) is 74.4. The van der Waals surface area contributed by atoms with E-state index in [0.717, 1.165) is 20.4 Å². The fourth-order valence-corrected chi connectivity index (χ4v) is 16.2. The van der Waals surface area contributed by atoms with Gasteiger partial charge in [-0.05, 0) is 85.9 Å². The molecule has 3 aromatic rings. The van der Waals surface area contributed by atoms with E-state index in [4.69, 9.17) is 24.7 Å². The van der Waals surface area contributed by atoms with Crippen LogP contribution in [0.5, 0.6) is 0 Å². The monoisotopic (exact) mass is 1680 g/mol. The number of thiazole rings is 1. The predicted molar refractivity (Wildman–Crippen MR) is 455 cm³/mol. The second-order valence-corrected chi connectivity index (χ2v) is 35.5. The van der Waals surface area contributed by atoms with Gasteiger partial charge in [0.25, 0.3) is 5.91 Å². The van der Waals surface area contributed by atoms with Crippen LogP contribution in [-0.4, -0.2) is 260 Å². The van der Waals surface area contributed by atoms with Crippen LogP contribution >= 0.6 is 11.3 Å². The summed E-state index contributed by atoms with van der Waals surface area (Å²) >= 11 is 1.51. The summed E-state index contributed by atoms with van der Waals surface area (Å²) in [6.45, 7) is 28.0. The molecule has 1 unspecified atom stereocenters. The van der Waals surface area contributed by atoms with E-state index >= 15 is 9.59 Å². The van der Waals surface area contributed by atoms with Gasteiger partial charge in [0.1, 0.15) is 5.78 Å². The predicted octanol–water partition coefficient (Wildman–Crippen LogP) is 9.02. The maximum absolute atomic E-state index is 15.2. The normalized spacial score (nSPS) is 17.4. The number of likely N-dealkylation sites (tertiary alicyclic amines) is 2. The van der Waals surface area contributed by atoms with Crippen molar-refractivity contribution in [3.8, 4) is 0 Å². The van der Waals surface area contributed by atoms with Gasteiger partial charge in [0.05, 0.1) is 62.1 Å². The highest BCUT2D eigenvalue weighted by atomic mass is 32.1. The molecular weight excluding hydrogens is 1550 g/mol. The average molecular weight is 1680 g/mol. The van der Waals surface area contributed by atoms with Gasteiger partial charge in [0, 0.05) is 184 Å². The molecule has 664 valence electrons. The molecule has 6 rings (SSSR count). The molecule has 0 saturated carbocycles. The quantitative estimate of drug-likeness (QED) is 0.0227. The van der Waals surface area contributed by atoms with Crippen molar-refractivity contribution in [2.75, 3.05) is 119 Å². The van der Waals surface area contributed by atoms with Crippen molar-refractivity contribution in [1.29, 1.82) is 0 Å². The highest BCUT2D eigenvalue weighted by molar-refractivity contribution is 7.09. The van der Waals surface area contributed by atoms with Crippen LogP contribution in [0, 0.1) is 52.8 Å². The molecule has 0 bridgehead atoms. The Morgan fingerprint density at radius 3 is 1.93 bits per heavy atom. The SMILES string of the molecule is CC(C)(C)C.CC[C@H](C)[C@@H]([C@@H](CC(=O)N1CCC[C@H]1[C@H](CO)[C@@H](C)C(=O)C[C@@H](Cc1ccccc1)c1nccs1)OC)N(C)C(=O)[C@@H](CC(=O)[C@H](C(C)C)N(C)C(=O)OC(C(=O)N1CCN(C)CC1)c1ccc(NC(=O)[C@H](CCCNC(N)=O)CC(=O)[C@@H](NC(=O)CCOCCOCCNC(=O)CCN2C(=O)CCC2=O)C(C)C)cc1)C(C)C. The number of likely N-dealkylation sites (N-methyl/N-ethyl adjacent to an activating group) is 3. The molecule has 3 fully saturated rings. The summed E-state index contributed by atoms with van der Waals surface area (Å²) < 4.78 is 23.5. The van der Waals surface area contributed by atoms with Crippen molar-refractivity contribution in [3.05, 3.63) is 82.3 Å². The number of piperazine rings is 1. The minimum Gasteiger partial charge on any atom is -0.431 e. The molecule has 3 saturated heterocycles. The number of Topliss-reactive ketones (excluding diaryl/α,β-unsaturated/α-hetero) is 3. The van der Waals surface area contributed by atoms with E-state index in [-0.39, 0.29) is 187 Å². The number of rotatable bonds is 49. The summed E-state index contributed by atoms with van der Waals surface area (Å²) in [4.78, 5) is 192. The van der Waals surface area contributed by atoms with E-state index in [0.29, 0.717) is 63.8 Å². The number of aromatic nitrogens is 1. The topological polar surface area (TPSA) is 386 Å². The maximum atomic E-state index is 15.2. The first-order valence-corrected chi connectivity index (χ1v) is 43.3. The summed E-state index contributed by atoms with van der Waals surface area (Å²) in [5.74, 6) is -8.47. The van der Waals surface area contributed by atoms with E-state index in [9.17, 15) is 57.8 Å². The van der Waals surface area contributed by atoms with Crippen LogP contribution in [-0.2, 0) is 78.1 Å². The number of nitrogens with zero attached hydrogens (tertiary/aromatic N) is 7. The summed E-state index contributed by atoms with van der Waals surface area (Å²) in [7, 11) is 6.52. The summed E-state index contributed by atoms with van der Waals surface area (Å²) in [5, 5.41) is 24.6. The third-order valence-corrected chi connectivity index (χ3v) is 23.3. The summed E-state index contributed by atoms with van der Waals surface area (Å²) in [6.07, 6.45) is 1.08. The van der Waals surface area contributed by atoms with Crippen molar-refractivity contribution < 1.29 is 86.4 Å². The number of hydrogen-bond donors (Lipinski definition) is 6. The van der Waals surface area contributed by atoms with Crippen LogP contribution < -0.4 is 27.0 Å². The molecule has 4 heterocycles. The number of amides is 11. The number of benzene rings is 2. The van der Waals surface area contributed by atoms with E-state index in [1.165, 1.54) is 49.8 Å². The Labute approximate surface area is 708 Å². The molecule has 7 N–H and O–H groups in total. The Morgan fingerprint density at radius 1 is 0.723 bits per heavy atom. The van der Waals surface area contributed by atoms with Gasteiger partial charge in [0.15, 0.2) is 11.6 Å². The fraction of sp³-hybridized carbons (Fsp3) is 0.682. The standard InChI is InChI=1S/C83H126N12O18S.C5H12/c1-14-55(8)76(68(110-13)50-73(104)94-35-19-23-64(94)63(51-96)56(9)65(97)48-60(79-86-34-45-114-79)46-57-20-16-15-17-21-57)91(11)80(106)62(52(2)3)49-67(99)75(54(6)7)92(12)83(109)113-77(81(107)93-39-37-90(10)38-40-93)58-24-26-61(27-25-58)88-78(105)59(22-18-32-87-82(84)108)47-66(98)74(53(4)5)89-70(101)31-41-111-43-44-112-42-33-85-69(100)30-36-95-71(102)28-29-72(95)103;1-5(2,3)4/h15-17,20-21,24-27,34,45,52-56,59-60,62-64,68,74-77,96H,14,18-19,22-23,28-33,35-44,46-51H2,1-13H3,(H,85,100)(H,88,105)(H,89,101)(H3,84,87,108);1-4H3/t55-,56+,59+,60+,62-,63+,64-,68+,74-,75-,76-,77?;/m0./s1. The number of aliphatic hydroxyl groups is 1. The van der Waals surface area contributed by atoms with Crippen molar-refractivity contribution in [3.63, 3.8) is 0 Å². The van der Waals surface area contributed by atoms with Gasteiger partial charge < -0.3 is 75.6 Å². The number of aliphatic hydroxyl groups excluding tert-OH is 1. The van der Waals surface area contributed by atoms with Gasteiger partial charge in [-0.1, -0.05) is 139 Å². The smallest absolute Gasteiger partial charge is 0.411 e. The van der Waals surface area contributed by atoms with Crippen molar-refractivity contribution in [1.82, 2.24) is 50.3 Å². The Bertz CT molecular complexity index is 3720. The number of carbonyl (C=O) groups excluding carboxylic acids is 13. The van der Waals surface area contributed by atoms with Crippen molar-refractivity contribution in [2.45, 2.75) is 222 Å². The van der Waals surface area contributed by atoms with Gasteiger partial charge in [-0.25, -0.2) is 14.6 Å². The second kappa shape index (κ2) is 50.6. The molecule has 3 aliphatic rings. The Balaban J connectivity index is 0.00000489. The molecule has 31 heteroatoms. The third-order valence-electron chi connectivity index (χ3n) is 22.4. The molecule has 0 spiro atoms. The zero-order valence-electron chi connectivity index (χ0n) is 73.6. The first-order chi connectivity index (χ1) is 56.3. The van der Waals surface area contributed by atoms with E-state index in [1.54, 1.807) is 55.6 Å². The highest BCUT2D eigenvalue weighted by Gasteiger charge is 2.45. The lowest BCUT2D eigenvalue weighted by atomic mass is 9.80. The second-order valence-electron chi connectivity index (χ2n) is 34.6. The molecule has 11 amide bonds. The van der Waals surface area contributed by atoms with Gasteiger partial charge >= 0.3 is 12.1 Å². The van der Waals surface area contributed by atoms with Crippen LogP contribution in [0.25, 0.3) is 0 Å². The molecule has 1 aromatic heterocycles. The lowest BCUT2D eigenvalue weighted by molar-refractivity contribution is -0.148. The van der Waals surface area contributed by atoms with Gasteiger partial charge in [-0.15, -0.1) is 11.3 Å². The number of hydrogen-bond acceptors (Lipinski definition) is 21. The van der Waals surface area contributed by atoms with Gasteiger partial charge in [0.2, 0.25) is 47.5 Å². The molecule has 0 aliphatic carbocycles. The Kier molecular flexibility index (Phi) is 42.9. The first-order valence-electron chi connectivity index (χ1n) is 42.4. The van der Waals surface area contributed by atoms with Crippen LogP contribution in [0.4, 0.5) is 15.3 Å². The number of imide groups is 1. The lowest BCUT2D eigenvalue weighted by Gasteiger charge is -2.41. The van der Waals surface area contributed by atoms with Crippen LogP contribution in [0.3, 0.4) is 0 Å². The molecule has 0 radical (unpaired) electrons. The third kappa shape index (κ3) is 33.0. The van der Waals surface area contributed by atoms with Crippen LogP contribution in [0.15, 0.2) is 66.2 Å². The number of ketones is 3. The Hall–Kier alpha value is -8.62. The maximum Gasteiger partial charge on any atom is 0.411 e. The number of primary amides is 1. The molecule has 12 atom stereocenters. The van der Waals surface area contributed by atoms with Crippen LogP contribution in [0.1, 0.15) is 202 Å². The van der Waals surface area contributed by atoms with Crippen molar-refractivity contribution in [2.24, 2.45) is 58.5 Å². The average Bonchev–Trinajstić information content (AvgIpc) is 1.79. The largest absolute Gasteiger partial charge is 0.431 e. The Morgan fingerprint density at radius 2 is 1.36 bits per heavy atom. The molecular formula is C88H138N12O18S. The van der Waals surface area contributed by atoms with Gasteiger partial charge in [-0.3, -0.25) is 57.6 Å². The number of nitrogens with one attached hydrogen (secondary N) is 4. The van der Waals surface area contributed by atoms with E-state index < -0.39 is 107 Å². The zero-order chi connectivity index (χ0) is 88.4. The summed E-state index contributed by atoms with van der Waals surface area (Å²) in [6, 6.07) is 12.1. The highest BCUT2D eigenvalue weighted by Crippen LogP contribution is 2.36. The number of ether oxygens (including phenoxy) is 4. The number of carbonyl (C=O) groups is 13. The van der Waals surface area contributed by atoms with E-state index in [1.807, 2.05) is 77.4 Å². The number of methoxy groups -OCH3 is 1. The summed E-state index contributed by atoms with van der Waals surface area (Å²) in [5.41, 5.74) is 7.43. The number of urea groups is 1. The van der Waals surface area contributed by atoms with Gasteiger partial charge in [-0.2, -0.15) is 0 Å². The minimum atomic E-state index is -1.53. The fourth-order valence-electron chi connectivity index (χ4n) is 15.5. The molecule has 30 nitrogen and oxygen atoms in total. The molecule has 3 aliphatic heterocycles. The van der Waals surface area contributed by atoms with Crippen molar-refractivity contribution >= 4 is 93.8 Å². The number of nitrogens with two attached hydrogens (primary N) is 1. The lowest BCUT2D eigenvalue weighted by Crippen LogP contribution is -2.54. The minimum absolute atomic E-state index is 0.00439. The molecule has 2 aromatic carbocycles. The number of anilines is 1. The molecule has 119 heavy (non-hydrogen) atoms. The van der Waals surface area contributed by atoms with Crippen LogP contribution in [0.2, 0.25) is 0 Å². The first kappa shape index (κ1) is 101.